The van der Waals surface area contributed by atoms with Crippen LogP contribution in [0.3, 0.4) is 0 Å². The second-order valence-corrected chi connectivity index (χ2v) is 5.94. The summed E-state index contributed by atoms with van der Waals surface area (Å²) in [6.45, 7) is 6.31. The van der Waals surface area contributed by atoms with Crippen molar-refractivity contribution < 1.29 is 9.90 Å². The minimum atomic E-state index is -0.845. The van der Waals surface area contributed by atoms with E-state index >= 15 is 0 Å². The highest BCUT2D eigenvalue weighted by Gasteiger charge is 2.20. The minimum Gasteiger partial charge on any atom is -0.478 e. The first-order valence-electron chi connectivity index (χ1n) is 6.74. The van der Waals surface area contributed by atoms with E-state index in [9.17, 15) is 9.90 Å². The van der Waals surface area contributed by atoms with Gasteiger partial charge in [-0.1, -0.05) is 26.3 Å². The molecule has 4 heteroatoms. The lowest BCUT2D eigenvalue weighted by Crippen LogP contribution is -2.30. The molecule has 0 bridgehead atoms. The molecule has 1 aromatic carbocycles. The molecule has 3 nitrogen and oxygen atoms in total. The van der Waals surface area contributed by atoms with Crippen molar-refractivity contribution in [3.8, 4) is 0 Å². The van der Waals surface area contributed by atoms with E-state index in [0.29, 0.717) is 11.6 Å². The predicted molar refractivity (Wildman–Crippen MR) is 82.6 cm³/mol. The number of hydrogen-bond donors (Lipinski definition) is 1. The molecule has 0 aliphatic rings. The molecule has 0 aliphatic carbocycles. The predicted octanol–water partition coefficient (Wildman–Crippen LogP) is 4.12. The quantitative estimate of drug-likeness (QED) is 0.763. The molecule has 0 amide bonds. The van der Waals surface area contributed by atoms with Crippen LogP contribution in [0.2, 0.25) is 0 Å². The van der Waals surface area contributed by atoms with E-state index in [1.165, 1.54) is 0 Å². The number of carbonyl (C=O) groups is 1. The van der Waals surface area contributed by atoms with Crippen molar-refractivity contribution in [1.29, 1.82) is 0 Å². The van der Waals surface area contributed by atoms with Gasteiger partial charge in [-0.15, -0.1) is 11.8 Å². The molecule has 1 N–H and O–H groups in total. The van der Waals surface area contributed by atoms with Crippen LogP contribution in [0.1, 0.15) is 44.0 Å². The lowest BCUT2D eigenvalue weighted by molar-refractivity contribution is 0.0694. The summed E-state index contributed by atoms with van der Waals surface area (Å²) < 4.78 is 0. The molecule has 1 aromatic rings. The molecular formula is C15H23NO2S. The SMILES string of the molecule is CCCC(C)N(C)c1cccc(SCC)c1C(=O)O. The molecule has 0 spiro atoms. The van der Waals surface area contributed by atoms with Gasteiger partial charge in [0.05, 0.1) is 11.3 Å². The zero-order valence-electron chi connectivity index (χ0n) is 12.1. The summed E-state index contributed by atoms with van der Waals surface area (Å²) in [7, 11) is 1.97. The number of anilines is 1. The van der Waals surface area contributed by atoms with Gasteiger partial charge in [0.25, 0.3) is 0 Å². The van der Waals surface area contributed by atoms with E-state index in [4.69, 9.17) is 0 Å². The summed E-state index contributed by atoms with van der Waals surface area (Å²) in [6.07, 6.45) is 2.15. The average Bonchev–Trinajstić information content (AvgIpc) is 2.38. The summed E-state index contributed by atoms with van der Waals surface area (Å²) in [4.78, 5) is 14.5. The van der Waals surface area contributed by atoms with Gasteiger partial charge in [0.2, 0.25) is 0 Å². The van der Waals surface area contributed by atoms with Crippen LogP contribution in [0.25, 0.3) is 0 Å². The maximum absolute atomic E-state index is 11.6. The molecule has 1 unspecified atom stereocenters. The molecule has 19 heavy (non-hydrogen) atoms. The van der Waals surface area contributed by atoms with Crippen LogP contribution in [-0.4, -0.2) is 29.9 Å². The van der Waals surface area contributed by atoms with E-state index in [1.54, 1.807) is 11.8 Å². The Balaban J connectivity index is 3.18. The Bertz CT molecular complexity index is 434. The highest BCUT2D eigenvalue weighted by Crippen LogP contribution is 2.31. The molecule has 0 saturated heterocycles. The highest BCUT2D eigenvalue weighted by atomic mass is 32.2. The third-order valence-corrected chi connectivity index (χ3v) is 4.21. The number of nitrogens with zero attached hydrogens (tertiary/aromatic N) is 1. The van der Waals surface area contributed by atoms with Crippen molar-refractivity contribution in [2.45, 2.75) is 44.6 Å². The van der Waals surface area contributed by atoms with Crippen LogP contribution in [0.15, 0.2) is 23.1 Å². The maximum Gasteiger partial charge on any atom is 0.338 e. The molecule has 0 fully saturated rings. The Kier molecular flexibility index (Phi) is 6.22. The van der Waals surface area contributed by atoms with Gasteiger partial charge in [-0.25, -0.2) is 4.79 Å². The number of rotatable bonds is 7. The monoisotopic (exact) mass is 281 g/mol. The average molecular weight is 281 g/mol. The van der Waals surface area contributed by atoms with Crippen molar-refractivity contribution in [1.82, 2.24) is 0 Å². The van der Waals surface area contributed by atoms with Crippen LogP contribution >= 0.6 is 11.8 Å². The second-order valence-electron chi connectivity index (χ2n) is 4.64. The summed E-state index contributed by atoms with van der Waals surface area (Å²) in [5.41, 5.74) is 1.24. The van der Waals surface area contributed by atoms with E-state index in [2.05, 4.69) is 18.7 Å². The van der Waals surface area contributed by atoms with Gasteiger partial charge < -0.3 is 10.0 Å². The fourth-order valence-electron chi connectivity index (χ4n) is 2.15. The number of hydrogen-bond acceptors (Lipinski definition) is 3. The number of aromatic carboxylic acids is 1. The van der Waals surface area contributed by atoms with Crippen molar-refractivity contribution in [2.24, 2.45) is 0 Å². The molecule has 0 saturated carbocycles. The smallest absolute Gasteiger partial charge is 0.338 e. The lowest BCUT2D eigenvalue weighted by atomic mass is 10.1. The van der Waals surface area contributed by atoms with Gasteiger partial charge in [-0.05, 0) is 31.2 Å². The minimum absolute atomic E-state index is 0.338. The standard InChI is InChI=1S/C15H23NO2S/c1-5-8-11(3)16(4)12-9-7-10-13(19-6-2)14(12)15(17)18/h7,9-11H,5-6,8H2,1-4H3,(H,17,18). The third-order valence-electron chi connectivity index (χ3n) is 3.27. The number of thioether (sulfide) groups is 1. The van der Waals surface area contributed by atoms with E-state index < -0.39 is 5.97 Å². The van der Waals surface area contributed by atoms with Crippen LogP contribution in [0.5, 0.6) is 0 Å². The summed E-state index contributed by atoms with van der Waals surface area (Å²) in [6, 6.07) is 6.06. The number of carboxylic acid groups (broad SMARTS) is 1. The zero-order chi connectivity index (χ0) is 14.4. The summed E-state index contributed by atoms with van der Waals surface area (Å²) >= 11 is 1.58. The van der Waals surface area contributed by atoms with Crippen molar-refractivity contribution in [3.63, 3.8) is 0 Å². The Morgan fingerprint density at radius 1 is 1.42 bits per heavy atom. The molecule has 0 radical (unpaired) electrons. The lowest BCUT2D eigenvalue weighted by Gasteiger charge is -2.28. The second kappa shape index (κ2) is 7.43. The van der Waals surface area contributed by atoms with E-state index in [1.807, 2.05) is 32.2 Å². The van der Waals surface area contributed by atoms with Gasteiger partial charge in [0.15, 0.2) is 0 Å². The summed E-state index contributed by atoms with van der Waals surface area (Å²) in [5.74, 6) is 0.0277. The van der Waals surface area contributed by atoms with Crippen molar-refractivity contribution in [2.75, 3.05) is 17.7 Å². The molecule has 1 rings (SSSR count). The van der Waals surface area contributed by atoms with Gasteiger partial charge in [-0.3, -0.25) is 0 Å². The van der Waals surface area contributed by atoms with Crippen LogP contribution in [0.4, 0.5) is 5.69 Å². The van der Waals surface area contributed by atoms with Crippen molar-refractivity contribution >= 4 is 23.4 Å². The maximum atomic E-state index is 11.6. The highest BCUT2D eigenvalue weighted by molar-refractivity contribution is 7.99. The Morgan fingerprint density at radius 3 is 2.63 bits per heavy atom. The largest absolute Gasteiger partial charge is 0.478 e. The van der Waals surface area contributed by atoms with E-state index in [0.717, 1.165) is 29.2 Å². The molecule has 106 valence electrons. The topological polar surface area (TPSA) is 40.5 Å². The van der Waals surface area contributed by atoms with Crippen LogP contribution in [0, 0.1) is 0 Å². The van der Waals surface area contributed by atoms with Crippen LogP contribution in [-0.2, 0) is 0 Å². The fraction of sp³-hybridized carbons (Fsp3) is 0.533. The number of benzene rings is 1. The van der Waals surface area contributed by atoms with Gasteiger partial charge >= 0.3 is 5.97 Å². The first-order chi connectivity index (χ1) is 9.02. The normalized spacial score (nSPS) is 12.2. The Labute approximate surface area is 120 Å². The van der Waals surface area contributed by atoms with Gasteiger partial charge in [0, 0.05) is 18.0 Å². The van der Waals surface area contributed by atoms with E-state index in [-0.39, 0.29) is 0 Å². The first kappa shape index (κ1) is 15.9. The van der Waals surface area contributed by atoms with Gasteiger partial charge in [0.1, 0.15) is 0 Å². The molecule has 0 aromatic heterocycles. The fourth-order valence-corrected chi connectivity index (χ4v) is 2.98. The van der Waals surface area contributed by atoms with Crippen LogP contribution < -0.4 is 4.90 Å². The number of carboxylic acids is 1. The zero-order valence-corrected chi connectivity index (χ0v) is 13.0. The molecular weight excluding hydrogens is 258 g/mol. The Hall–Kier alpha value is -1.16. The van der Waals surface area contributed by atoms with Gasteiger partial charge in [-0.2, -0.15) is 0 Å². The summed E-state index contributed by atoms with van der Waals surface area (Å²) in [5, 5.41) is 9.49. The first-order valence-corrected chi connectivity index (χ1v) is 7.73. The molecule has 0 aliphatic heterocycles. The third kappa shape index (κ3) is 3.90. The molecule has 0 heterocycles. The van der Waals surface area contributed by atoms with Crippen molar-refractivity contribution in [3.05, 3.63) is 23.8 Å². The Morgan fingerprint density at radius 2 is 2.11 bits per heavy atom. The molecule has 1 atom stereocenters.